The molecule has 0 amide bonds. The van der Waals surface area contributed by atoms with Gasteiger partial charge in [-0.3, -0.25) is 9.05 Å². The summed E-state index contributed by atoms with van der Waals surface area (Å²) >= 11 is 0. The monoisotopic (exact) mass is 248 g/mol. The summed E-state index contributed by atoms with van der Waals surface area (Å²) in [6, 6.07) is 0. The van der Waals surface area contributed by atoms with Crippen LogP contribution in [0.2, 0.25) is 0 Å². The van der Waals surface area contributed by atoms with Crippen molar-refractivity contribution in [3.8, 4) is 0 Å². The molecule has 1 rings (SSSR count). The maximum absolute atomic E-state index is 11.9. The number of hydrogen-bond donors (Lipinski definition) is 0. The van der Waals surface area contributed by atoms with E-state index in [0.29, 0.717) is 13.2 Å². The van der Waals surface area contributed by atoms with Crippen LogP contribution in [0, 0.1) is 0 Å². The van der Waals surface area contributed by atoms with Gasteiger partial charge in [0, 0.05) is 0 Å². The highest BCUT2D eigenvalue weighted by Crippen LogP contribution is 2.50. The Bertz CT molecular complexity index is 257. The van der Waals surface area contributed by atoms with Crippen molar-refractivity contribution in [2.75, 3.05) is 13.2 Å². The maximum Gasteiger partial charge on any atom is 0.529 e. The number of hydrogen-bond acceptors (Lipinski definition) is 4. The normalized spacial score (nSPS) is 17.2. The topological polar surface area (TPSA) is 44.8 Å². The second-order valence-corrected chi connectivity index (χ2v) is 5.35. The highest BCUT2D eigenvalue weighted by Gasteiger charge is 2.25. The number of phosphoric ester groups is 1. The summed E-state index contributed by atoms with van der Waals surface area (Å²) < 4.78 is 27.2. The molecule has 0 N–H and O–H groups in total. The zero-order valence-corrected chi connectivity index (χ0v) is 11.0. The molecule has 0 unspecified atom stereocenters. The van der Waals surface area contributed by atoms with E-state index in [-0.39, 0.29) is 0 Å². The molecule has 0 aromatic heterocycles. The van der Waals surface area contributed by atoms with Crippen molar-refractivity contribution in [3.05, 3.63) is 11.8 Å². The molecule has 1 aliphatic carbocycles. The van der Waals surface area contributed by atoms with E-state index in [1.807, 2.05) is 0 Å². The molecule has 0 aromatic carbocycles. The summed E-state index contributed by atoms with van der Waals surface area (Å²) in [6.07, 6.45) is 7.26. The van der Waals surface area contributed by atoms with Crippen LogP contribution in [0.5, 0.6) is 0 Å². The standard InChI is InChI=1S/C11H21O4P/c1-3-13-16(12,14-4-2)15-10-11-8-6-5-7-9-11/h10H,3-9H2,1-2H3. The smallest absolute Gasteiger partial charge is 0.412 e. The Kier molecular flexibility index (Phi) is 6.10. The van der Waals surface area contributed by atoms with Crippen LogP contribution >= 0.6 is 7.82 Å². The third kappa shape index (κ3) is 4.69. The first kappa shape index (κ1) is 13.8. The fraction of sp³-hybridized carbons (Fsp3) is 0.818. The van der Waals surface area contributed by atoms with Gasteiger partial charge in [0.15, 0.2) is 0 Å². The molecule has 0 aliphatic heterocycles. The molecule has 0 heterocycles. The van der Waals surface area contributed by atoms with E-state index in [1.54, 1.807) is 20.1 Å². The van der Waals surface area contributed by atoms with E-state index >= 15 is 0 Å². The van der Waals surface area contributed by atoms with Gasteiger partial charge in [-0.2, -0.15) is 0 Å². The fourth-order valence-electron chi connectivity index (χ4n) is 1.68. The largest absolute Gasteiger partial charge is 0.529 e. The van der Waals surface area contributed by atoms with Crippen molar-refractivity contribution >= 4 is 7.82 Å². The Balaban J connectivity index is 2.50. The molecule has 1 aliphatic rings. The van der Waals surface area contributed by atoms with Crippen LogP contribution in [0.1, 0.15) is 46.0 Å². The van der Waals surface area contributed by atoms with Gasteiger partial charge in [0.05, 0.1) is 19.5 Å². The van der Waals surface area contributed by atoms with Crippen LogP contribution in [-0.4, -0.2) is 13.2 Å². The van der Waals surface area contributed by atoms with Crippen molar-refractivity contribution in [2.24, 2.45) is 0 Å². The molecular weight excluding hydrogens is 227 g/mol. The van der Waals surface area contributed by atoms with Crippen molar-refractivity contribution in [2.45, 2.75) is 46.0 Å². The fourth-order valence-corrected chi connectivity index (χ4v) is 2.78. The van der Waals surface area contributed by atoms with E-state index < -0.39 is 7.82 Å². The number of rotatable bonds is 6. The first-order chi connectivity index (χ1) is 7.70. The van der Waals surface area contributed by atoms with Crippen molar-refractivity contribution in [1.82, 2.24) is 0 Å². The third-order valence-electron chi connectivity index (χ3n) is 2.42. The highest BCUT2D eigenvalue weighted by atomic mass is 31.2. The molecule has 0 radical (unpaired) electrons. The molecule has 94 valence electrons. The Hall–Kier alpha value is -0.310. The van der Waals surface area contributed by atoms with Gasteiger partial charge in [0.2, 0.25) is 0 Å². The molecule has 16 heavy (non-hydrogen) atoms. The third-order valence-corrected chi connectivity index (χ3v) is 3.93. The Morgan fingerprint density at radius 2 is 1.69 bits per heavy atom. The number of phosphoric acid groups is 1. The van der Waals surface area contributed by atoms with Gasteiger partial charge in [0.1, 0.15) is 0 Å². The van der Waals surface area contributed by atoms with Gasteiger partial charge in [-0.05, 0) is 45.1 Å². The van der Waals surface area contributed by atoms with E-state index in [0.717, 1.165) is 12.8 Å². The Labute approximate surface area is 97.6 Å². The molecule has 4 nitrogen and oxygen atoms in total. The Morgan fingerprint density at radius 3 is 2.19 bits per heavy atom. The lowest BCUT2D eigenvalue weighted by atomic mass is 9.96. The van der Waals surface area contributed by atoms with Gasteiger partial charge >= 0.3 is 7.82 Å². The average Bonchev–Trinajstić information content (AvgIpc) is 2.29. The van der Waals surface area contributed by atoms with E-state index in [9.17, 15) is 4.57 Å². The SMILES string of the molecule is CCOP(=O)(OC=C1CCCCC1)OCC. The van der Waals surface area contributed by atoms with Gasteiger partial charge in [0.25, 0.3) is 0 Å². The Morgan fingerprint density at radius 1 is 1.12 bits per heavy atom. The predicted molar refractivity (Wildman–Crippen MR) is 63.1 cm³/mol. The lowest BCUT2D eigenvalue weighted by Gasteiger charge is -2.17. The molecule has 0 aromatic rings. The summed E-state index contributed by atoms with van der Waals surface area (Å²) in [7, 11) is -3.36. The summed E-state index contributed by atoms with van der Waals surface area (Å²) in [5, 5.41) is 0. The summed E-state index contributed by atoms with van der Waals surface area (Å²) in [4.78, 5) is 0. The van der Waals surface area contributed by atoms with Gasteiger partial charge in [-0.1, -0.05) is 6.42 Å². The van der Waals surface area contributed by atoms with Crippen LogP contribution in [0.25, 0.3) is 0 Å². The second kappa shape index (κ2) is 7.10. The highest BCUT2D eigenvalue weighted by molar-refractivity contribution is 7.48. The van der Waals surface area contributed by atoms with Gasteiger partial charge < -0.3 is 4.52 Å². The maximum atomic E-state index is 11.9. The van der Waals surface area contributed by atoms with Crippen LogP contribution in [0.4, 0.5) is 0 Å². The second-order valence-electron chi connectivity index (χ2n) is 3.72. The summed E-state index contributed by atoms with van der Waals surface area (Å²) in [5.41, 5.74) is 1.20. The van der Waals surface area contributed by atoms with Crippen LogP contribution in [0.3, 0.4) is 0 Å². The lowest BCUT2D eigenvalue weighted by Crippen LogP contribution is -1.99. The summed E-state index contributed by atoms with van der Waals surface area (Å²) in [5.74, 6) is 0. The zero-order valence-electron chi connectivity index (χ0n) is 10.1. The molecule has 1 fully saturated rings. The molecule has 0 bridgehead atoms. The van der Waals surface area contributed by atoms with Crippen LogP contribution in [-0.2, 0) is 18.1 Å². The first-order valence-corrected chi connectivity index (χ1v) is 7.41. The number of allylic oxidation sites excluding steroid dienone is 1. The molecule has 0 saturated heterocycles. The van der Waals surface area contributed by atoms with E-state index in [2.05, 4.69) is 0 Å². The molecule has 1 saturated carbocycles. The summed E-state index contributed by atoms with van der Waals surface area (Å²) in [6.45, 7) is 4.17. The minimum Gasteiger partial charge on any atom is -0.412 e. The quantitative estimate of drug-likeness (QED) is 0.525. The molecule has 5 heteroatoms. The van der Waals surface area contributed by atoms with E-state index in [4.69, 9.17) is 13.6 Å². The molecule has 0 atom stereocenters. The average molecular weight is 248 g/mol. The van der Waals surface area contributed by atoms with Gasteiger partial charge in [-0.15, -0.1) is 0 Å². The minimum atomic E-state index is -3.36. The molecular formula is C11H21O4P. The molecule has 0 spiro atoms. The van der Waals surface area contributed by atoms with Crippen molar-refractivity contribution in [1.29, 1.82) is 0 Å². The van der Waals surface area contributed by atoms with Crippen LogP contribution < -0.4 is 0 Å². The predicted octanol–water partition coefficient (Wildman–Crippen LogP) is 4.03. The lowest BCUT2D eigenvalue weighted by molar-refractivity contribution is 0.152. The van der Waals surface area contributed by atoms with Crippen molar-refractivity contribution < 1.29 is 18.1 Å². The first-order valence-electron chi connectivity index (χ1n) is 5.95. The minimum absolute atomic E-state index is 0.320. The van der Waals surface area contributed by atoms with Gasteiger partial charge in [-0.25, -0.2) is 4.57 Å². The zero-order chi connectivity index (χ0) is 11.9. The van der Waals surface area contributed by atoms with E-state index in [1.165, 1.54) is 24.8 Å². The van der Waals surface area contributed by atoms with Crippen molar-refractivity contribution in [3.63, 3.8) is 0 Å². The van der Waals surface area contributed by atoms with Crippen LogP contribution in [0.15, 0.2) is 11.8 Å².